The van der Waals surface area contributed by atoms with Crippen LogP contribution in [0.3, 0.4) is 0 Å². The highest BCUT2D eigenvalue weighted by Crippen LogP contribution is 2.34. The van der Waals surface area contributed by atoms with E-state index in [2.05, 4.69) is 40.8 Å². The molecule has 0 N–H and O–H groups in total. The largest absolute Gasteiger partial charge is 0.379 e. The van der Waals surface area contributed by atoms with Gasteiger partial charge in [0.25, 0.3) is 0 Å². The number of azide groups is 2. The molecule has 0 radical (unpaired) electrons. The fourth-order valence-corrected chi connectivity index (χ4v) is 5.15. The number of hydrogen-bond acceptors (Lipinski definition) is 7. The maximum absolute atomic E-state index is 13.2. The Bertz CT molecular complexity index is 1450. The zero-order chi connectivity index (χ0) is 26.5. The lowest BCUT2D eigenvalue weighted by Crippen LogP contribution is -2.24. The van der Waals surface area contributed by atoms with E-state index >= 15 is 0 Å². The van der Waals surface area contributed by atoms with Gasteiger partial charge in [-0.25, -0.2) is 0 Å². The molecule has 0 atom stereocenters. The van der Waals surface area contributed by atoms with Crippen LogP contribution in [0.2, 0.25) is 0 Å². The molecule has 0 saturated heterocycles. The number of fused-ring (bicyclic) bond motifs is 1. The molecule has 12 heteroatoms. The van der Waals surface area contributed by atoms with Crippen molar-refractivity contribution in [2.24, 2.45) is 10.2 Å². The average molecular weight is 509 g/mol. The first kappa shape index (κ1) is 26.5. The van der Waals surface area contributed by atoms with Crippen LogP contribution in [0.1, 0.15) is 72.7 Å². The normalized spacial score (nSPS) is 13.5. The third kappa shape index (κ3) is 5.26. The van der Waals surface area contributed by atoms with E-state index < -0.39 is 43.5 Å². The number of rotatable bonds is 10. The summed E-state index contributed by atoms with van der Waals surface area (Å²) in [5, 5.41) is 6.34. The third-order valence-corrected chi connectivity index (χ3v) is 7.25. The molecule has 11 nitrogen and oxygen atoms in total. The van der Waals surface area contributed by atoms with Crippen LogP contribution in [0.4, 0.5) is 0 Å². The van der Waals surface area contributed by atoms with Crippen LogP contribution in [0, 0.1) is 0 Å². The van der Waals surface area contributed by atoms with Gasteiger partial charge in [0.15, 0.2) is 11.6 Å². The summed E-state index contributed by atoms with van der Waals surface area (Å²) in [6.45, 7) is 6.38. The van der Waals surface area contributed by atoms with Crippen LogP contribution in [0.5, 0.6) is 5.75 Å². The molecule has 1 aliphatic carbocycles. The van der Waals surface area contributed by atoms with Gasteiger partial charge in [0.2, 0.25) is 0 Å². The SMILES string of the molecule is CCCCCC(C)(C)c1ccc(OS(=O)(=O)c2cccc3c2C(=O)C(N=[N+]=[N-])=C(N=[N+]=[N-])C3=O)cc1. The Hall–Kier alpha value is -4.11. The lowest BCUT2D eigenvalue weighted by molar-refractivity contribution is 0.0970. The molecule has 0 bridgehead atoms. The number of unbranched alkanes of at least 4 members (excludes halogenated alkanes) is 2. The predicted octanol–water partition coefficient (Wildman–Crippen LogP) is 6.52. The number of Topliss-reactive ketones (excluding diaryl/α,β-unsaturated/α-hetero) is 2. The topological polar surface area (TPSA) is 175 Å². The molecule has 2 aromatic rings. The number of carbonyl (C=O) groups is 2. The number of benzene rings is 2. The molecule has 0 spiro atoms. The molecular formula is C24H24N6O5S. The first-order valence-corrected chi connectivity index (χ1v) is 12.6. The Kier molecular flexibility index (Phi) is 7.84. The minimum absolute atomic E-state index is 0.0240. The molecular weight excluding hydrogens is 484 g/mol. The van der Waals surface area contributed by atoms with E-state index in [-0.39, 0.29) is 16.7 Å². The number of allylic oxidation sites excluding steroid dienone is 2. The van der Waals surface area contributed by atoms with Gasteiger partial charge in [-0.05, 0) is 46.7 Å². The monoisotopic (exact) mass is 508 g/mol. The van der Waals surface area contributed by atoms with Crippen LogP contribution in [-0.4, -0.2) is 20.0 Å². The van der Waals surface area contributed by atoms with Crippen LogP contribution >= 0.6 is 0 Å². The fraction of sp³-hybridized carbons (Fsp3) is 0.333. The van der Waals surface area contributed by atoms with Crippen LogP contribution in [0.15, 0.2) is 69.0 Å². The molecule has 1 aliphatic rings. The van der Waals surface area contributed by atoms with E-state index in [0.29, 0.717) is 0 Å². The fourth-order valence-electron chi connectivity index (χ4n) is 3.99. The summed E-state index contributed by atoms with van der Waals surface area (Å²) in [7, 11) is -4.58. The maximum atomic E-state index is 13.2. The lowest BCUT2D eigenvalue weighted by Gasteiger charge is -2.25. The van der Waals surface area contributed by atoms with Crippen molar-refractivity contribution in [3.05, 3.63) is 91.4 Å². The van der Waals surface area contributed by atoms with Crippen molar-refractivity contribution in [1.29, 1.82) is 0 Å². The van der Waals surface area contributed by atoms with E-state index in [1.807, 2.05) is 0 Å². The Labute approximate surface area is 208 Å². The van der Waals surface area contributed by atoms with E-state index in [4.69, 9.17) is 15.2 Å². The summed E-state index contributed by atoms with van der Waals surface area (Å²) in [6, 6.07) is 10.2. The van der Waals surface area contributed by atoms with Gasteiger partial charge in [-0.1, -0.05) is 74.5 Å². The molecule has 0 fully saturated rings. The van der Waals surface area contributed by atoms with E-state index in [9.17, 15) is 18.0 Å². The van der Waals surface area contributed by atoms with Crippen molar-refractivity contribution >= 4 is 21.7 Å². The van der Waals surface area contributed by atoms with Gasteiger partial charge < -0.3 is 4.18 Å². The average Bonchev–Trinajstić information content (AvgIpc) is 2.84. The van der Waals surface area contributed by atoms with E-state index in [0.717, 1.165) is 37.3 Å². The van der Waals surface area contributed by atoms with Gasteiger partial charge in [-0.3, -0.25) is 9.59 Å². The first-order chi connectivity index (χ1) is 17.1. The van der Waals surface area contributed by atoms with Crippen LogP contribution in [0.25, 0.3) is 20.9 Å². The van der Waals surface area contributed by atoms with Gasteiger partial charge in [0, 0.05) is 15.4 Å². The second-order valence-corrected chi connectivity index (χ2v) is 10.3. The second-order valence-electron chi connectivity index (χ2n) is 8.82. The summed E-state index contributed by atoms with van der Waals surface area (Å²) >= 11 is 0. The zero-order valence-corrected chi connectivity index (χ0v) is 20.8. The standard InChI is InChI=1S/C24H24N6O5S/c1-4-5-6-14-24(2,3)15-10-12-16(13-11-15)35-36(33,34)18-9-7-8-17-19(18)23(32)21(28-30-26)20(22(17)31)27-29-25/h7-13H,4-6,14H2,1-3H3. The van der Waals surface area contributed by atoms with Gasteiger partial charge >= 0.3 is 10.1 Å². The smallest absolute Gasteiger partial charge is 0.339 e. The van der Waals surface area contributed by atoms with Gasteiger partial charge in [0.1, 0.15) is 10.6 Å². The molecule has 0 aromatic heterocycles. The van der Waals surface area contributed by atoms with Crippen molar-refractivity contribution < 1.29 is 22.2 Å². The molecule has 186 valence electrons. The Morgan fingerprint density at radius 2 is 1.53 bits per heavy atom. The molecule has 0 amide bonds. The highest BCUT2D eigenvalue weighted by atomic mass is 32.2. The molecule has 3 rings (SSSR count). The number of ketones is 2. The van der Waals surface area contributed by atoms with Crippen molar-refractivity contribution in [3.8, 4) is 5.75 Å². The highest BCUT2D eigenvalue weighted by Gasteiger charge is 2.37. The zero-order valence-electron chi connectivity index (χ0n) is 20.0. The van der Waals surface area contributed by atoms with Crippen molar-refractivity contribution in [2.45, 2.75) is 56.8 Å². The highest BCUT2D eigenvalue weighted by molar-refractivity contribution is 7.87. The van der Waals surface area contributed by atoms with E-state index in [1.54, 1.807) is 12.1 Å². The summed E-state index contributed by atoms with van der Waals surface area (Å²) in [5.74, 6) is -2.00. The van der Waals surface area contributed by atoms with Crippen molar-refractivity contribution in [2.75, 3.05) is 0 Å². The summed E-state index contributed by atoms with van der Waals surface area (Å²) in [5.41, 5.74) is 16.1. The Morgan fingerprint density at radius 3 is 2.11 bits per heavy atom. The lowest BCUT2D eigenvalue weighted by atomic mass is 9.80. The minimum Gasteiger partial charge on any atom is -0.379 e. The maximum Gasteiger partial charge on any atom is 0.339 e. The predicted molar refractivity (Wildman–Crippen MR) is 132 cm³/mol. The second kappa shape index (κ2) is 10.7. The summed E-state index contributed by atoms with van der Waals surface area (Å²) in [6.07, 6.45) is 4.30. The molecule has 0 heterocycles. The summed E-state index contributed by atoms with van der Waals surface area (Å²) < 4.78 is 31.6. The molecule has 0 saturated carbocycles. The number of carbonyl (C=O) groups excluding carboxylic acids is 2. The van der Waals surface area contributed by atoms with E-state index in [1.165, 1.54) is 24.3 Å². The quantitative estimate of drug-likeness (QED) is 0.116. The van der Waals surface area contributed by atoms with Gasteiger partial charge in [-0.2, -0.15) is 8.42 Å². The van der Waals surface area contributed by atoms with Gasteiger partial charge in [-0.15, -0.1) is 0 Å². The Morgan fingerprint density at radius 1 is 0.917 bits per heavy atom. The van der Waals surface area contributed by atoms with Crippen LogP contribution < -0.4 is 4.18 Å². The summed E-state index contributed by atoms with van der Waals surface area (Å²) in [4.78, 5) is 30.3. The van der Waals surface area contributed by atoms with Crippen molar-refractivity contribution in [1.82, 2.24) is 0 Å². The molecule has 36 heavy (non-hydrogen) atoms. The number of nitrogens with zero attached hydrogens (tertiary/aromatic N) is 6. The van der Waals surface area contributed by atoms with Crippen molar-refractivity contribution in [3.63, 3.8) is 0 Å². The van der Waals surface area contributed by atoms with Crippen LogP contribution in [-0.2, 0) is 15.5 Å². The minimum atomic E-state index is -4.58. The number of hydrogen-bond donors (Lipinski definition) is 0. The third-order valence-electron chi connectivity index (χ3n) is 5.96. The Balaban J connectivity index is 1.98. The van der Waals surface area contributed by atoms with Gasteiger partial charge in [0.05, 0.1) is 17.0 Å². The molecule has 0 aliphatic heterocycles. The molecule has 0 unspecified atom stereocenters. The first-order valence-electron chi connectivity index (χ1n) is 11.2. The molecule has 2 aromatic carbocycles.